The first-order valence-electron chi connectivity index (χ1n) is 11.0. The van der Waals surface area contributed by atoms with Crippen LogP contribution in [0.2, 0.25) is 0 Å². The van der Waals surface area contributed by atoms with Gasteiger partial charge in [0, 0.05) is 11.9 Å². The Kier molecular flexibility index (Phi) is 8.22. The van der Waals surface area contributed by atoms with Gasteiger partial charge in [0.15, 0.2) is 5.82 Å². The number of ether oxygens (including phenoxy) is 1. The zero-order valence-corrected chi connectivity index (χ0v) is 20.6. The average Bonchev–Trinajstić information content (AvgIpc) is 3.22. The van der Waals surface area contributed by atoms with Crippen molar-refractivity contribution in [1.82, 2.24) is 19.7 Å². The van der Waals surface area contributed by atoms with Gasteiger partial charge >= 0.3 is 6.09 Å². The smallest absolute Gasteiger partial charge is 0.422 e. The molecule has 0 saturated carbocycles. The number of nitrogens with zero attached hydrogens (tertiary/aromatic N) is 4. The molecule has 2 heterocycles. The number of hydrogen-bond acceptors (Lipinski definition) is 7. The Labute approximate surface area is 203 Å². The van der Waals surface area contributed by atoms with Gasteiger partial charge in [0.05, 0.1) is 5.25 Å². The fourth-order valence-electron chi connectivity index (χ4n) is 3.01. The van der Waals surface area contributed by atoms with Crippen molar-refractivity contribution >= 4 is 29.4 Å². The quantitative estimate of drug-likeness (QED) is 0.343. The number of hydrogen-bond donors (Lipinski definition) is 1. The van der Waals surface area contributed by atoms with Gasteiger partial charge in [-0.1, -0.05) is 43.0 Å². The number of allylic oxidation sites excluding steroid dienone is 1. The van der Waals surface area contributed by atoms with Crippen LogP contribution in [0.5, 0.6) is 0 Å². The van der Waals surface area contributed by atoms with E-state index in [1.165, 1.54) is 10.1 Å². The SMILES string of the molecule is C=CCC(Sc1nnc(-c2ccccn2)n1C(=O)OC(C)(C)C)C(=O)Nc1ccc(CC)cc1. The summed E-state index contributed by atoms with van der Waals surface area (Å²) in [5, 5.41) is 11.0. The Morgan fingerprint density at radius 3 is 2.50 bits per heavy atom. The molecule has 1 amide bonds. The molecule has 3 rings (SSSR count). The van der Waals surface area contributed by atoms with Gasteiger partial charge in [-0.25, -0.2) is 9.36 Å². The van der Waals surface area contributed by atoms with Crippen molar-refractivity contribution in [3.05, 3.63) is 66.9 Å². The zero-order chi connectivity index (χ0) is 24.7. The summed E-state index contributed by atoms with van der Waals surface area (Å²) < 4.78 is 6.85. The average molecular weight is 480 g/mol. The summed E-state index contributed by atoms with van der Waals surface area (Å²) in [6.07, 6.45) is 3.90. The van der Waals surface area contributed by atoms with Crippen LogP contribution in [0.25, 0.3) is 11.5 Å². The van der Waals surface area contributed by atoms with Gasteiger partial charge in [0.25, 0.3) is 0 Å². The minimum Gasteiger partial charge on any atom is -0.443 e. The maximum atomic E-state index is 13.1. The summed E-state index contributed by atoms with van der Waals surface area (Å²) in [6, 6.07) is 13.0. The Morgan fingerprint density at radius 1 is 1.18 bits per heavy atom. The highest BCUT2D eigenvalue weighted by Gasteiger charge is 2.29. The van der Waals surface area contributed by atoms with Crippen LogP contribution >= 0.6 is 11.8 Å². The standard InChI is InChI=1S/C25H29N5O3S/c1-6-10-20(22(31)27-18-14-12-17(7-2)13-15-18)34-23-29-28-21(19-11-8-9-16-26-19)30(23)24(32)33-25(3,4)5/h6,8-9,11-16,20H,1,7,10H2,2-5H3,(H,27,31). The van der Waals surface area contributed by atoms with Gasteiger partial charge in [-0.3, -0.25) is 9.78 Å². The van der Waals surface area contributed by atoms with E-state index in [2.05, 4.69) is 34.0 Å². The first-order chi connectivity index (χ1) is 16.2. The molecule has 0 fully saturated rings. The second-order valence-corrected chi connectivity index (χ2v) is 9.68. The monoisotopic (exact) mass is 479 g/mol. The summed E-state index contributed by atoms with van der Waals surface area (Å²) in [5.41, 5.74) is 1.61. The zero-order valence-electron chi connectivity index (χ0n) is 19.8. The summed E-state index contributed by atoms with van der Waals surface area (Å²) in [5.74, 6) is 0.0116. The number of thioether (sulfide) groups is 1. The number of benzene rings is 1. The summed E-state index contributed by atoms with van der Waals surface area (Å²) >= 11 is 1.12. The van der Waals surface area contributed by atoms with Gasteiger partial charge in [-0.2, -0.15) is 0 Å². The maximum absolute atomic E-state index is 13.1. The van der Waals surface area contributed by atoms with Crippen LogP contribution in [0.4, 0.5) is 10.5 Å². The van der Waals surface area contributed by atoms with Crippen LogP contribution in [0.1, 0.15) is 39.7 Å². The lowest BCUT2D eigenvalue weighted by Crippen LogP contribution is -2.29. The van der Waals surface area contributed by atoms with Crippen LogP contribution in [0.3, 0.4) is 0 Å². The minimum absolute atomic E-state index is 0.229. The molecule has 1 atom stereocenters. The highest BCUT2D eigenvalue weighted by Crippen LogP contribution is 2.29. The van der Waals surface area contributed by atoms with E-state index in [9.17, 15) is 9.59 Å². The van der Waals surface area contributed by atoms with Crippen LogP contribution in [-0.2, 0) is 16.0 Å². The number of carbonyl (C=O) groups is 2. The lowest BCUT2D eigenvalue weighted by atomic mass is 10.1. The molecule has 0 saturated heterocycles. The molecule has 0 aliphatic rings. The van der Waals surface area contributed by atoms with Crippen molar-refractivity contribution in [1.29, 1.82) is 0 Å². The molecule has 0 bridgehead atoms. The van der Waals surface area contributed by atoms with E-state index in [1.807, 2.05) is 24.3 Å². The predicted molar refractivity (Wildman–Crippen MR) is 134 cm³/mol. The molecule has 0 spiro atoms. The first-order valence-corrected chi connectivity index (χ1v) is 11.9. The van der Waals surface area contributed by atoms with Gasteiger partial charge < -0.3 is 10.1 Å². The molecule has 3 aromatic rings. The van der Waals surface area contributed by atoms with E-state index in [0.29, 0.717) is 17.8 Å². The van der Waals surface area contributed by atoms with E-state index < -0.39 is 16.9 Å². The van der Waals surface area contributed by atoms with E-state index in [4.69, 9.17) is 4.74 Å². The third-order valence-corrected chi connectivity index (χ3v) is 5.82. The molecule has 2 aromatic heterocycles. The van der Waals surface area contributed by atoms with Gasteiger partial charge in [0.1, 0.15) is 11.3 Å². The maximum Gasteiger partial charge on any atom is 0.422 e. The van der Waals surface area contributed by atoms with E-state index in [1.54, 1.807) is 51.2 Å². The van der Waals surface area contributed by atoms with Crippen molar-refractivity contribution < 1.29 is 14.3 Å². The molecule has 8 nitrogen and oxygen atoms in total. The summed E-state index contributed by atoms with van der Waals surface area (Å²) in [4.78, 5) is 30.5. The van der Waals surface area contributed by atoms with E-state index in [-0.39, 0.29) is 16.9 Å². The van der Waals surface area contributed by atoms with Crippen LogP contribution in [0, 0.1) is 0 Å². The molecule has 0 radical (unpaired) electrons. The molecule has 0 aliphatic heterocycles. The number of pyridine rings is 1. The normalized spacial score (nSPS) is 12.1. The Balaban J connectivity index is 1.91. The minimum atomic E-state index is -0.729. The molecular weight excluding hydrogens is 450 g/mol. The van der Waals surface area contributed by atoms with Crippen LogP contribution in [0.15, 0.2) is 66.5 Å². The molecule has 9 heteroatoms. The fourth-order valence-corrected chi connectivity index (χ4v) is 4.02. The van der Waals surface area contributed by atoms with Gasteiger partial charge in [-0.15, -0.1) is 16.8 Å². The van der Waals surface area contributed by atoms with Gasteiger partial charge in [0.2, 0.25) is 11.1 Å². The van der Waals surface area contributed by atoms with Crippen LogP contribution < -0.4 is 5.32 Å². The second-order valence-electron chi connectivity index (χ2n) is 8.51. The van der Waals surface area contributed by atoms with E-state index >= 15 is 0 Å². The second kappa shape index (κ2) is 11.1. The van der Waals surface area contributed by atoms with Crippen molar-refractivity contribution in [3.8, 4) is 11.5 Å². The predicted octanol–water partition coefficient (Wildman–Crippen LogP) is 5.36. The molecule has 1 aromatic carbocycles. The molecule has 0 aliphatic carbocycles. The summed E-state index contributed by atoms with van der Waals surface area (Å²) in [6.45, 7) is 11.2. The highest BCUT2D eigenvalue weighted by atomic mass is 32.2. The molecule has 34 heavy (non-hydrogen) atoms. The number of anilines is 1. The Hall–Kier alpha value is -3.46. The topological polar surface area (TPSA) is 99.0 Å². The lowest BCUT2D eigenvalue weighted by Gasteiger charge is -2.21. The number of amides is 1. The van der Waals surface area contributed by atoms with Crippen molar-refractivity contribution in [2.75, 3.05) is 5.32 Å². The molecular formula is C25H29N5O3S. The summed E-state index contributed by atoms with van der Waals surface area (Å²) in [7, 11) is 0. The Morgan fingerprint density at radius 2 is 1.91 bits per heavy atom. The van der Waals surface area contributed by atoms with E-state index in [0.717, 1.165) is 18.2 Å². The third-order valence-electron chi connectivity index (χ3n) is 4.65. The number of rotatable bonds is 8. The van der Waals surface area contributed by atoms with Crippen LogP contribution in [-0.4, -0.2) is 42.6 Å². The van der Waals surface area contributed by atoms with Gasteiger partial charge in [-0.05, 0) is 63.4 Å². The number of carbonyl (C=O) groups excluding carboxylic acids is 2. The van der Waals surface area contributed by atoms with Crippen molar-refractivity contribution in [2.24, 2.45) is 0 Å². The first kappa shape index (κ1) is 25.2. The number of aryl methyl sites for hydroxylation is 1. The molecule has 1 unspecified atom stereocenters. The Bertz CT molecular complexity index is 1140. The van der Waals surface area contributed by atoms with Crippen molar-refractivity contribution in [2.45, 2.75) is 56.5 Å². The third kappa shape index (κ3) is 6.54. The fraction of sp³-hybridized carbons (Fsp3) is 0.320. The molecule has 178 valence electrons. The number of nitrogens with one attached hydrogen (secondary N) is 1. The number of aromatic nitrogens is 4. The lowest BCUT2D eigenvalue weighted by molar-refractivity contribution is -0.115. The highest BCUT2D eigenvalue weighted by molar-refractivity contribution is 8.00. The largest absolute Gasteiger partial charge is 0.443 e. The van der Waals surface area contributed by atoms with Crippen molar-refractivity contribution in [3.63, 3.8) is 0 Å². The molecule has 1 N–H and O–H groups in total.